The fourth-order valence-corrected chi connectivity index (χ4v) is 2.31. The van der Waals surface area contributed by atoms with Crippen molar-refractivity contribution in [3.63, 3.8) is 0 Å². The zero-order valence-corrected chi connectivity index (χ0v) is 12.6. The van der Waals surface area contributed by atoms with Crippen LogP contribution in [0.25, 0.3) is 0 Å². The van der Waals surface area contributed by atoms with E-state index in [9.17, 15) is 13.2 Å². The fourth-order valence-electron chi connectivity index (χ4n) is 2.31. The van der Waals surface area contributed by atoms with E-state index in [-0.39, 0.29) is 17.6 Å². The fraction of sp³-hybridized carbons (Fsp3) is 0.500. The molecule has 21 heavy (non-hydrogen) atoms. The molecule has 0 amide bonds. The van der Waals surface area contributed by atoms with E-state index in [1.807, 2.05) is 0 Å². The third-order valence-corrected chi connectivity index (χ3v) is 3.33. The molecular formula is C16H21F3N2. The Kier molecular flexibility index (Phi) is 4.21. The van der Waals surface area contributed by atoms with Gasteiger partial charge in [0.05, 0.1) is 5.56 Å². The number of allylic oxidation sites excluding steroid dienone is 2. The number of hydrogen-bond donors (Lipinski definition) is 2. The van der Waals surface area contributed by atoms with Crippen molar-refractivity contribution in [1.82, 2.24) is 10.6 Å². The zero-order chi connectivity index (χ0) is 15.7. The van der Waals surface area contributed by atoms with Crippen molar-refractivity contribution in [3.05, 3.63) is 46.8 Å². The minimum atomic E-state index is -4.31. The second kappa shape index (κ2) is 5.62. The molecule has 0 bridgehead atoms. The Bertz CT molecular complexity index is 539. The van der Waals surface area contributed by atoms with Gasteiger partial charge in [-0.15, -0.1) is 0 Å². The number of benzene rings is 1. The van der Waals surface area contributed by atoms with Gasteiger partial charge in [0, 0.05) is 23.5 Å². The molecule has 0 fully saturated rings. The lowest BCUT2D eigenvalue weighted by Crippen LogP contribution is -2.40. The van der Waals surface area contributed by atoms with Crippen molar-refractivity contribution >= 4 is 0 Å². The molecule has 0 aliphatic heterocycles. The maximum absolute atomic E-state index is 12.9. The summed E-state index contributed by atoms with van der Waals surface area (Å²) in [7, 11) is 0. The van der Waals surface area contributed by atoms with E-state index in [0.717, 1.165) is 30.3 Å². The molecule has 1 aromatic carbocycles. The van der Waals surface area contributed by atoms with Crippen molar-refractivity contribution in [2.24, 2.45) is 0 Å². The number of alkyl halides is 3. The van der Waals surface area contributed by atoms with E-state index in [2.05, 4.69) is 31.4 Å². The van der Waals surface area contributed by atoms with Gasteiger partial charge in [-0.25, -0.2) is 0 Å². The summed E-state index contributed by atoms with van der Waals surface area (Å²) in [6.45, 7) is 6.39. The van der Waals surface area contributed by atoms with E-state index >= 15 is 0 Å². The van der Waals surface area contributed by atoms with Gasteiger partial charge in [0.15, 0.2) is 0 Å². The van der Waals surface area contributed by atoms with Gasteiger partial charge in [0.1, 0.15) is 0 Å². The average Bonchev–Trinajstić information content (AvgIpc) is 2.33. The first-order valence-corrected chi connectivity index (χ1v) is 7.06. The summed E-state index contributed by atoms with van der Waals surface area (Å²) in [5, 5.41) is 6.52. The Morgan fingerprint density at radius 1 is 1.00 bits per heavy atom. The molecular weight excluding hydrogens is 277 g/mol. The SMILES string of the molecule is CC(C)(C)NC1=C(NCc2ccccc2C(F)(F)F)CC1. The van der Waals surface area contributed by atoms with Gasteiger partial charge in [-0.05, 0) is 45.2 Å². The molecule has 0 aromatic heterocycles. The highest BCUT2D eigenvalue weighted by Crippen LogP contribution is 2.32. The van der Waals surface area contributed by atoms with Crippen LogP contribution in [-0.2, 0) is 12.7 Å². The number of halogens is 3. The Morgan fingerprint density at radius 2 is 1.62 bits per heavy atom. The molecule has 0 spiro atoms. The van der Waals surface area contributed by atoms with E-state index in [0.29, 0.717) is 0 Å². The number of rotatable bonds is 4. The molecule has 0 radical (unpaired) electrons. The van der Waals surface area contributed by atoms with E-state index in [1.165, 1.54) is 12.1 Å². The molecule has 5 heteroatoms. The van der Waals surface area contributed by atoms with Gasteiger partial charge in [-0.1, -0.05) is 18.2 Å². The first kappa shape index (κ1) is 15.7. The summed E-state index contributed by atoms with van der Waals surface area (Å²) >= 11 is 0. The highest BCUT2D eigenvalue weighted by Gasteiger charge is 2.33. The number of nitrogens with one attached hydrogen (secondary N) is 2. The van der Waals surface area contributed by atoms with Crippen molar-refractivity contribution in [1.29, 1.82) is 0 Å². The first-order valence-electron chi connectivity index (χ1n) is 7.06. The molecule has 0 atom stereocenters. The Morgan fingerprint density at radius 3 is 2.14 bits per heavy atom. The van der Waals surface area contributed by atoms with Crippen LogP contribution in [0.1, 0.15) is 44.7 Å². The topological polar surface area (TPSA) is 24.1 Å². The Balaban J connectivity index is 2.06. The molecule has 1 aliphatic carbocycles. The smallest absolute Gasteiger partial charge is 0.383 e. The molecule has 0 saturated carbocycles. The van der Waals surface area contributed by atoms with Crippen LogP contribution >= 0.6 is 0 Å². The maximum atomic E-state index is 12.9. The average molecular weight is 298 g/mol. The summed E-state index contributed by atoms with van der Waals surface area (Å²) in [6.07, 6.45) is -2.48. The highest BCUT2D eigenvalue weighted by molar-refractivity contribution is 5.31. The normalized spacial score (nSPS) is 15.7. The Labute approximate surface area is 123 Å². The first-order chi connectivity index (χ1) is 9.67. The summed E-state index contributed by atoms with van der Waals surface area (Å²) in [5.41, 5.74) is 1.79. The van der Waals surface area contributed by atoms with Crippen LogP contribution in [-0.4, -0.2) is 5.54 Å². The quantitative estimate of drug-likeness (QED) is 0.871. The van der Waals surface area contributed by atoms with E-state index in [1.54, 1.807) is 6.07 Å². The monoisotopic (exact) mass is 298 g/mol. The molecule has 0 unspecified atom stereocenters. The minimum absolute atomic E-state index is 0.0352. The van der Waals surface area contributed by atoms with Crippen LogP contribution in [0, 0.1) is 0 Å². The molecule has 1 aliphatic rings. The molecule has 0 saturated heterocycles. The summed E-state index contributed by atoms with van der Waals surface area (Å²) < 4.78 is 38.7. The molecule has 2 rings (SSSR count). The highest BCUT2D eigenvalue weighted by atomic mass is 19.4. The number of hydrogen-bond acceptors (Lipinski definition) is 2. The molecule has 0 heterocycles. The summed E-state index contributed by atoms with van der Waals surface area (Å²) in [5.74, 6) is 0. The lowest BCUT2D eigenvalue weighted by atomic mass is 9.97. The van der Waals surface area contributed by atoms with Crippen LogP contribution < -0.4 is 10.6 Å². The van der Waals surface area contributed by atoms with Crippen molar-refractivity contribution in [2.75, 3.05) is 0 Å². The second-order valence-electron chi connectivity index (χ2n) is 6.34. The van der Waals surface area contributed by atoms with Gasteiger partial charge >= 0.3 is 6.18 Å². The van der Waals surface area contributed by atoms with E-state index < -0.39 is 11.7 Å². The predicted octanol–water partition coefficient (Wildman–Crippen LogP) is 4.19. The third-order valence-electron chi connectivity index (χ3n) is 3.33. The van der Waals surface area contributed by atoms with Crippen LogP contribution in [0.3, 0.4) is 0 Å². The standard InChI is InChI=1S/C16H21F3N2/c1-15(2,3)21-14-9-8-13(14)20-10-11-6-4-5-7-12(11)16(17,18)19/h4-7,20-21H,8-10H2,1-3H3. The van der Waals surface area contributed by atoms with Gasteiger partial charge in [-0.3, -0.25) is 0 Å². The van der Waals surface area contributed by atoms with Crippen molar-refractivity contribution < 1.29 is 13.2 Å². The van der Waals surface area contributed by atoms with Crippen LogP contribution in [0.4, 0.5) is 13.2 Å². The molecule has 116 valence electrons. The lowest BCUT2D eigenvalue weighted by molar-refractivity contribution is -0.138. The Hall–Kier alpha value is -1.65. The summed E-state index contributed by atoms with van der Waals surface area (Å²) in [4.78, 5) is 0. The summed E-state index contributed by atoms with van der Waals surface area (Å²) in [6, 6.07) is 5.70. The third kappa shape index (κ3) is 4.16. The van der Waals surface area contributed by atoms with Gasteiger partial charge in [-0.2, -0.15) is 13.2 Å². The van der Waals surface area contributed by atoms with E-state index in [4.69, 9.17) is 0 Å². The van der Waals surface area contributed by atoms with Crippen molar-refractivity contribution in [2.45, 2.75) is 51.9 Å². The van der Waals surface area contributed by atoms with Crippen LogP contribution in [0.2, 0.25) is 0 Å². The van der Waals surface area contributed by atoms with Crippen molar-refractivity contribution in [3.8, 4) is 0 Å². The minimum Gasteiger partial charge on any atom is -0.383 e. The largest absolute Gasteiger partial charge is 0.416 e. The molecule has 1 aromatic rings. The second-order valence-corrected chi connectivity index (χ2v) is 6.34. The molecule has 2 N–H and O–H groups in total. The zero-order valence-electron chi connectivity index (χ0n) is 12.6. The molecule has 2 nitrogen and oxygen atoms in total. The predicted molar refractivity (Wildman–Crippen MR) is 77.4 cm³/mol. The van der Waals surface area contributed by atoms with Gasteiger partial charge in [0.25, 0.3) is 0 Å². The van der Waals surface area contributed by atoms with Gasteiger partial charge in [0.2, 0.25) is 0 Å². The van der Waals surface area contributed by atoms with Crippen LogP contribution in [0.5, 0.6) is 0 Å². The lowest BCUT2D eigenvalue weighted by Gasteiger charge is -2.32. The van der Waals surface area contributed by atoms with Gasteiger partial charge < -0.3 is 10.6 Å². The van der Waals surface area contributed by atoms with Crippen LogP contribution in [0.15, 0.2) is 35.7 Å². The maximum Gasteiger partial charge on any atom is 0.416 e.